The predicted molar refractivity (Wildman–Crippen MR) is 74.1 cm³/mol. The van der Waals surface area contributed by atoms with E-state index in [0.29, 0.717) is 5.75 Å². The molecule has 1 aromatic heterocycles. The van der Waals surface area contributed by atoms with E-state index in [2.05, 4.69) is 16.9 Å². The number of aromatic nitrogens is 2. The Hall–Kier alpha value is -2.43. The van der Waals surface area contributed by atoms with Crippen LogP contribution in [0, 0.1) is 0 Å². The zero-order valence-electron chi connectivity index (χ0n) is 11.2. The smallest absolute Gasteiger partial charge is 0.360 e. The van der Waals surface area contributed by atoms with Gasteiger partial charge in [-0.15, -0.1) is 0 Å². The highest BCUT2D eigenvalue weighted by molar-refractivity contribution is 5.87. The molecule has 2 rings (SSSR count). The first-order valence-corrected chi connectivity index (χ1v) is 6.51. The molecule has 20 heavy (non-hydrogen) atoms. The average Bonchev–Trinajstić information content (AvgIpc) is 2.47. The second-order valence-corrected chi connectivity index (χ2v) is 4.36. The largest absolute Gasteiger partial charge is 0.476 e. The van der Waals surface area contributed by atoms with Gasteiger partial charge in [-0.2, -0.15) is 0 Å². The van der Waals surface area contributed by atoms with E-state index in [0.717, 1.165) is 19.3 Å². The molecular formula is C15H16N2O3. The van der Waals surface area contributed by atoms with Crippen LogP contribution in [0.25, 0.3) is 0 Å². The Bertz CT molecular complexity index is 582. The van der Waals surface area contributed by atoms with Gasteiger partial charge in [0.25, 0.3) is 5.88 Å². The lowest BCUT2D eigenvalue weighted by Gasteiger charge is -2.07. The van der Waals surface area contributed by atoms with Crippen molar-refractivity contribution in [2.75, 3.05) is 0 Å². The summed E-state index contributed by atoms with van der Waals surface area (Å²) in [5.74, 6) is -0.609. The molecule has 0 aliphatic heterocycles. The number of carbonyl (C=O) groups is 1. The van der Waals surface area contributed by atoms with Crippen LogP contribution >= 0.6 is 0 Å². The molecule has 0 aliphatic carbocycles. The number of carboxylic acid groups (broad SMARTS) is 1. The van der Waals surface area contributed by atoms with Gasteiger partial charge in [0, 0.05) is 12.4 Å². The van der Waals surface area contributed by atoms with Crippen LogP contribution in [0.2, 0.25) is 0 Å². The van der Waals surface area contributed by atoms with E-state index >= 15 is 0 Å². The minimum atomic E-state index is -1.16. The van der Waals surface area contributed by atoms with E-state index in [1.54, 1.807) is 0 Å². The molecule has 0 aliphatic rings. The molecule has 0 amide bonds. The highest BCUT2D eigenvalue weighted by atomic mass is 16.5. The SMILES string of the molecule is CCCCc1ccc(Oc2nccnc2C(=O)O)cc1. The third-order valence-electron chi connectivity index (χ3n) is 2.82. The molecule has 0 radical (unpaired) electrons. The molecule has 1 heterocycles. The molecule has 0 fully saturated rings. The Balaban J connectivity index is 2.12. The van der Waals surface area contributed by atoms with Gasteiger partial charge in [-0.3, -0.25) is 0 Å². The van der Waals surface area contributed by atoms with E-state index in [1.807, 2.05) is 24.3 Å². The highest BCUT2D eigenvalue weighted by Crippen LogP contribution is 2.22. The van der Waals surface area contributed by atoms with Gasteiger partial charge in [0.05, 0.1) is 0 Å². The van der Waals surface area contributed by atoms with Gasteiger partial charge in [0.15, 0.2) is 0 Å². The minimum Gasteiger partial charge on any atom is -0.476 e. The lowest BCUT2D eigenvalue weighted by molar-refractivity contribution is 0.0686. The lowest BCUT2D eigenvalue weighted by atomic mass is 10.1. The first-order chi connectivity index (χ1) is 9.70. The molecule has 0 bridgehead atoms. The van der Waals surface area contributed by atoms with E-state index in [1.165, 1.54) is 18.0 Å². The fourth-order valence-electron chi connectivity index (χ4n) is 1.76. The van der Waals surface area contributed by atoms with Crippen LogP contribution in [-0.4, -0.2) is 21.0 Å². The Morgan fingerprint density at radius 2 is 1.90 bits per heavy atom. The highest BCUT2D eigenvalue weighted by Gasteiger charge is 2.14. The fourth-order valence-corrected chi connectivity index (χ4v) is 1.76. The van der Waals surface area contributed by atoms with E-state index < -0.39 is 5.97 Å². The lowest BCUT2D eigenvalue weighted by Crippen LogP contribution is -2.04. The molecule has 1 aromatic carbocycles. The Kier molecular flexibility index (Phi) is 4.65. The number of ether oxygens (including phenoxy) is 1. The second-order valence-electron chi connectivity index (χ2n) is 4.36. The molecule has 0 saturated carbocycles. The van der Waals surface area contributed by atoms with Gasteiger partial charge in [-0.1, -0.05) is 25.5 Å². The number of rotatable bonds is 6. The van der Waals surface area contributed by atoms with E-state index in [4.69, 9.17) is 9.84 Å². The van der Waals surface area contributed by atoms with Crippen molar-refractivity contribution in [1.82, 2.24) is 9.97 Å². The number of nitrogens with zero attached hydrogens (tertiary/aromatic N) is 2. The quantitative estimate of drug-likeness (QED) is 0.873. The van der Waals surface area contributed by atoms with Gasteiger partial charge < -0.3 is 9.84 Å². The summed E-state index contributed by atoms with van der Waals surface area (Å²) >= 11 is 0. The normalized spacial score (nSPS) is 10.2. The molecular weight excluding hydrogens is 256 g/mol. The number of aryl methyl sites for hydroxylation is 1. The van der Waals surface area contributed by atoms with Crippen LogP contribution in [0.4, 0.5) is 0 Å². The van der Waals surface area contributed by atoms with Crippen LogP contribution in [-0.2, 0) is 6.42 Å². The van der Waals surface area contributed by atoms with Crippen molar-refractivity contribution in [2.24, 2.45) is 0 Å². The van der Waals surface area contributed by atoms with Crippen molar-refractivity contribution in [3.05, 3.63) is 47.9 Å². The molecule has 0 unspecified atom stereocenters. The number of hydrogen-bond acceptors (Lipinski definition) is 4. The van der Waals surface area contributed by atoms with Gasteiger partial charge >= 0.3 is 5.97 Å². The minimum absolute atomic E-state index is 0.00121. The van der Waals surface area contributed by atoms with Gasteiger partial charge in [0.1, 0.15) is 5.75 Å². The van der Waals surface area contributed by atoms with Gasteiger partial charge in [0.2, 0.25) is 5.69 Å². The molecule has 5 heteroatoms. The monoisotopic (exact) mass is 272 g/mol. The predicted octanol–water partition coefficient (Wildman–Crippen LogP) is 3.31. The van der Waals surface area contributed by atoms with Crippen molar-refractivity contribution >= 4 is 5.97 Å². The number of aromatic carboxylic acids is 1. The maximum atomic E-state index is 11.0. The maximum Gasteiger partial charge on any atom is 0.360 e. The van der Waals surface area contributed by atoms with Crippen LogP contribution in [0.3, 0.4) is 0 Å². The van der Waals surface area contributed by atoms with E-state index in [-0.39, 0.29) is 11.6 Å². The average molecular weight is 272 g/mol. The standard InChI is InChI=1S/C15H16N2O3/c1-2-3-4-11-5-7-12(8-6-11)20-14-13(15(18)19)16-9-10-17-14/h5-10H,2-4H2,1H3,(H,18,19). The van der Waals surface area contributed by atoms with Crippen molar-refractivity contribution in [1.29, 1.82) is 0 Å². The summed E-state index contributed by atoms with van der Waals surface area (Å²) in [6, 6.07) is 7.57. The zero-order chi connectivity index (χ0) is 14.4. The number of hydrogen-bond donors (Lipinski definition) is 1. The third kappa shape index (κ3) is 3.54. The van der Waals surface area contributed by atoms with Crippen molar-refractivity contribution in [2.45, 2.75) is 26.2 Å². The topological polar surface area (TPSA) is 72.3 Å². The summed E-state index contributed by atoms with van der Waals surface area (Å²) in [4.78, 5) is 18.6. The van der Waals surface area contributed by atoms with Crippen LogP contribution < -0.4 is 4.74 Å². The summed E-state index contributed by atoms with van der Waals surface area (Å²) in [5, 5.41) is 9.00. The first kappa shape index (κ1) is 14.0. The Morgan fingerprint density at radius 1 is 1.20 bits per heavy atom. The molecule has 104 valence electrons. The molecule has 0 spiro atoms. The van der Waals surface area contributed by atoms with Crippen LogP contribution in [0.1, 0.15) is 35.8 Å². The molecule has 2 aromatic rings. The van der Waals surface area contributed by atoms with Crippen molar-refractivity contribution < 1.29 is 14.6 Å². The Morgan fingerprint density at radius 3 is 2.55 bits per heavy atom. The van der Waals surface area contributed by atoms with Crippen molar-refractivity contribution in [3.63, 3.8) is 0 Å². The number of unbranched alkanes of at least 4 members (excludes halogenated alkanes) is 1. The first-order valence-electron chi connectivity index (χ1n) is 6.51. The fraction of sp³-hybridized carbons (Fsp3) is 0.267. The second kappa shape index (κ2) is 6.65. The maximum absolute atomic E-state index is 11.0. The summed E-state index contributed by atoms with van der Waals surface area (Å²) in [6.07, 6.45) is 6.05. The molecule has 1 N–H and O–H groups in total. The Labute approximate surface area is 117 Å². The van der Waals surface area contributed by atoms with Gasteiger partial charge in [-0.05, 0) is 30.5 Å². The summed E-state index contributed by atoms with van der Waals surface area (Å²) in [6.45, 7) is 2.15. The van der Waals surface area contributed by atoms with Gasteiger partial charge in [-0.25, -0.2) is 14.8 Å². The number of benzene rings is 1. The van der Waals surface area contributed by atoms with Crippen molar-refractivity contribution in [3.8, 4) is 11.6 Å². The summed E-state index contributed by atoms with van der Waals surface area (Å²) < 4.78 is 5.48. The third-order valence-corrected chi connectivity index (χ3v) is 2.82. The van der Waals surface area contributed by atoms with Crippen LogP contribution in [0.15, 0.2) is 36.7 Å². The zero-order valence-corrected chi connectivity index (χ0v) is 11.2. The van der Waals surface area contributed by atoms with E-state index in [9.17, 15) is 4.79 Å². The molecule has 0 saturated heterocycles. The molecule has 5 nitrogen and oxygen atoms in total. The summed E-state index contributed by atoms with van der Waals surface area (Å²) in [5.41, 5.74) is 1.04. The number of carboxylic acids is 1. The molecule has 0 atom stereocenters. The summed E-state index contributed by atoms with van der Waals surface area (Å²) in [7, 11) is 0. The van der Waals surface area contributed by atoms with Crippen LogP contribution in [0.5, 0.6) is 11.6 Å².